The van der Waals surface area contributed by atoms with Crippen molar-refractivity contribution in [3.63, 3.8) is 0 Å². The molecule has 3 rings (SSSR count). The molecule has 1 heterocycles. The van der Waals surface area contributed by atoms with Gasteiger partial charge in [-0.15, -0.1) is 0 Å². The molecule has 1 aliphatic rings. The molecule has 0 fully saturated rings. The Balaban J connectivity index is 1.98. The number of benzodiazepines with no additional fused rings is 1. The second-order valence-corrected chi connectivity index (χ2v) is 7.41. The molecule has 0 amide bonds. The van der Waals surface area contributed by atoms with Crippen LogP contribution in [0, 0.1) is 11.7 Å². The van der Waals surface area contributed by atoms with E-state index in [1.165, 1.54) is 6.07 Å². The first kappa shape index (κ1) is 20.0. The Labute approximate surface area is 165 Å². The number of rotatable bonds is 5. The standard InChI is InChI=1S/C22H26FN3O2/c1-14(2)13-28-22(27)20(24)19-12-25-21(15-8-4-6-10-17(15)23)16-9-5-7-11-18(16)26(19)3/h4-11,14,19-20H,12-13,24H2,1-3H3. The molecule has 0 radical (unpaired) electrons. The van der Waals surface area contributed by atoms with Gasteiger partial charge in [-0.1, -0.05) is 44.2 Å². The molecule has 0 spiro atoms. The van der Waals surface area contributed by atoms with Crippen LogP contribution in [0.2, 0.25) is 0 Å². The van der Waals surface area contributed by atoms with Gasteiger partial charge in [0.15, 0.2) is 0 Å². The third kappa shape index (κ3) is 4.07. The van der Waals surface area contributed by atoms with Gasteiger partial charge < -0.3 is 15.4 Å². The van der Waals surface area contributed by atoms with Crippen LogP contribution in [0.15, 0.2) is 53.5 Å². The van der Waals surface area contributed by atoms with Gasteiger partial charge in [-0.05, 0) is 24.1 Å². The maximum Gasteiger partial charge on any atom is 0.325 e. The molecule has 2 atom stereocenters. The van der Waals surface area contributed by atoms with Crippen molar-refractivity contribution >= 4 is 17.4 Å². The zero-order valence-electron chi connectivity index (χ0n) is 16.4. The summed E-state index contributed by atoms with van der Waals surface area (Å²) in [6.07, 6.45) is 0. The minimum Gasteiger partial charge on any atom is -0.464 e. The summed E-state index contributed by atoms with van der Waals surface area (Å²) >= 11 is 0. The summed E-state index contributed by atoms with van der Waals surface area (Å²) in [6, 6.07) is 12.9. The highest BCUT2D eigenvalue weighted by atomic mass is 19.1. The van der Waals surface area contributed by atoms with Gasteiger partial charge >= 0.3 is 5.97 Å². The Bertz CT molecular complexity index is 882. The number of carbonyl (C=O) groups excluding carboxylic acids is 1. The van der Waals surface area contributed by atoms with E-state index in [2.05, 4.69) is 4.99 Å². The molecule has 0 aliphatic carbocycles. The first-order valence-electron chi connectivity index (χ1n) is 9.44. The Morgan fingerprint density at radius 3 is 2.54 bits per heavy atom. The summed E-state index contributed by atoms with van der Waals surface area (Å²) < 4.78 is 19.8. The molecule has 0 aromatic heterocycles. The van der Waals surface area contributed by atoms with Crippen LogP contribution < -0.4 is 10.6 Å². The minimum absolute atomic E-state index is 0.231. The number of nitrogens with two attached hydrogens (primary N) is 1. The van der Waals surface area contributed by atoms with E-state index in [1.54, 1.807) is 18.2 Å². The van der Waals surface area contributed by atoms with E-state index in [0.29, 0.717) is 17.9 Å². The Hall–Kier alpha value is -2.73. The summed E-state index contributed by atoms with van der Waals surface area (Å²) in [5, 5.41) is 0. The zero-order chi connectivity index (χ0) is 20.3. The van der Waals surface area contributed by atoms with Crippen LogP contribution in [0.1, 0.15) is 25.0 Å². The molecule has 2 aromatic carbocycles. The molecule has 0 saturated heterocycles. The zero-order valence-corrected chi connectivity index (χ0v) is 16.4. The maximum absolute atomic E-state index is 14.5. The average molecular weight is 383 g/mol. The summed E-state index contributed by atoms with van der Waals surface area (Å²) in [7, 11) is 1.87. The first-order chi connectivity index (χ1) is 13.4. The number of fused-ring (bicyclic) bond motifs is 1. The molecule has 5 nitrogen and oxygen atoms in total. The molecule has 148 valence electrons. The first-order valence-corrected chi connectivity index (χ1v) is 9.44. The number of halogens is 1. The van der Waals surface area contributed by atoms with E-state index >= 15 is 0 Å². The molecule has 0 bridgehead atoms. The molecule has 1 aliphatic heterocycles. The minimum atomic E-state index is -0.861. The van der Waals surface area contributed by atoms with Crippen molar-refractivity contribution in [2.75, 3.05) is 25.1 Å². The lowest BCUT2D eigenvalue weighted by atomic mass is 9.99. The van der Waals surface area contributed by atoms with Gasteiger partial charge in [0.25, 0.3) is 0 Å². The average Bonchev–Trinajstić information content (AvgIpc) is 2.83. The molecule has 2 unspecified atom stereocenters. The van der Waals surface area contributed by atoms with Crippen molar-refractivity contribution < 1.29 is 13.9 Å². The van der Waals surface area contributed by atoms with E-state index in [1.807, 2.05) is 50.1 Å². The summed E-state index contributed by atoms with van der Waals surface area (Å²) in [4.78, 5) is 19.1. The van der Waals surface area contributed by atoms with Crippen LogP contribution in [-0.2, 0) is 9.53 Å². The van der Waals surface area contributed by atoms with Crippen molar-refractivity contribution in [2.24, 2.45) is 16.6 Å². The highest BCUT2D eigenvalue weighted by molar-refractivity contribution is 6.16. The van der Waals surface area contributed by atoms with Crippen LogP contribution in [0.25, 0.3) is 0 Å². The summed E-state index contributed by atoms with van der Waals surface area (Å²) in [5.74, 6) is -0.556. The van der Waals surface area contributed by atoms with Crippen LogP contribution in [0.4, 0.5) is 10.1 Å². The van der Waals surface area contributed by atoms with Crippen LogP contribution in [0.3, 0.4) is 0 Å². The van der Waals surface area contributed by atoms with Crippen LogP contribution in [-0.4, -0.2) is 44.0 Å². The lowest BCUT2D eigenvalue weighted by Crippen LogP contribution is -2.53. The number of benzene rings is 2. The van der Waals surface area contributed by atoms with Gasteiger partial charge in [0.2, 0.25) is 0 Å². The fourth-order valence-electron chi connectivity index (χ4n) is 3.29. The quantitative estimate of drug-likeness (QED) is 0.806. The topological polar surface area (TPSA) is 67.9 Å². The number of para-hydroxylation sites is 1. The highest BCUT2D eigenvalue weighted by Gasteiger charge is 2.33. The maximum atomic E-state index is 14.5. The number of hydrogen-bond acceptors (Lipinski definition) is 5. The third-order valence-electron chi connectivity index (χ3n) is 4.85. The molecule has 0 saturated carbocycles. The van der Waals surface area contributed by atoms with Gasteiger partial charge in [0, 0.05) is 23.9 Å². The largest absolute Gasteiger partial charge is 0.464 e. The van der Waals surface area contributed by atoms with E-state index in [9.17, 15) is 9.18 Å². The predicted molar refractivity (Wildman–Crippen MR) is 109 cm³/mol. The Kier molecular flexibility index (Phi) is 6.09. The number of anilines is 1. The molecular formula is C22H26FN3O2. The van der Waals surface area contributed by atoms with E-state index in [0.717, 1.165) is 11.3 Å². The predicted octanol–water partition coefficient (Wildman–Crippen LogP) is 3.01. The lowest BCUT2D eigenvalue weighted by Gasteiger charge is -2.31. The Morgan fingerprint density at radius 2 is 1.86 bits per heavy atom. The van der Waals surface area contributed by atoms with Gasteiger partial charge in [0.05, 0.1) is 24.9 Å². The number of nitrogens with zero attached hydrogens (tertiary/aromatic N) is 2. The SMILES string of the molecule is CC(C)COC(=O)C(N)C1CN=C(c2ccccc2F)c2ccccc2N1C. The van der Waals surface area contributed by atoms with Crippen LogP contribution in [0.5, 0.6) is 0 Å². The van der Waals surface area contributed by atoms with Gasteiger partial charge in [-0.2, -0.15) is 0 Å². The van der Waals surface area contributed by atoms with Gasteiger partial charge in [0.1, 0.15) is 11.9 Å². The van der Waals surface area contributed by atoms with E-state index in [-0.39, 0.29) is 18.3 Å². The molecular weight excluding hydrogens is 357 g/mol. The molecule has 28 heavy (non-hydrogen) atoms. The second kappa shape index (κ2) is 8.52. The monoisotopic (exact) mass is 383 g/mol. The molecule has 6 heteroatoms. The fraction of sp³-hybridized carbons (Fsp3) is 0.364. The second-order valence-electron chi connectivity index (χ2n) is 7.41. The number of likely N-dealkylation sites (N-methyl/N-ethyl adjacent to an activating group) is 1. The number of aliphatic imine (C=N–C) groups is 1. The molecule has 2 aromatic rings. The van der Waals surface area contributed by atoms with E-state index in [4.69, 9.17) is 10.5 Å². The van der Waals surface area contributed by atoms with Crippen molar-refractivity contribution in [3.8, 4) is 0 Å². The smallest absolute Gasteiger partial charge is 0.325 e. The summed E-state index contributed by atoms with van der Waals surface area (Å²) in [6.45, 7) is 4.52. The van der Waals surface area contributed by atoms with Gasteiger partial charge in [-0.25, -0.2) is 4.39 Å². The van der Waals surface area contributed by atoms with Crippen molar-refractivity contribution in [2.45, 2.75) is 25.9 Å². The van der Waals surface area contributed by atoms with Crippen molar-refractivity contribution in [3.05, 3.63) is 65.5 Å². The van der Waals surface area contributed by atoms with Crippen molar-refractivity contribution in [1.29, 1.82) is 0 Å². The molecule has 2 N–H and O–H groups in total. The number of ether oxygens (including phenoxy) is 1. The Morgan fingerprint density at radius 1 is 1.21 bits per heavy atom. The van der Waals surface area contributed by atoms with Crippen molar-refractivity contribution in [1.82, 2.24) is 0 Å². The number of esters is 1. The number of hydrogen-bond donors (Lipinski definition) is 1. The highest BCUT2D eigenvalue weighted by Crippen LogP contribution is 2.29. The van der Waals surface area contributed by atoms with Crippen LogP contribution >= 0.6 is 0 Å². The normalized spacial score (nSPS) is 17.6. The van der Waals surface area contributed by atoms with E-state index < -0.39 is 18.1 Å². The lowest BCUT2D eigenvalue weighted by molar-refractivity contribution is -0.146. The fourth-order valence-corrected chi connectivity index (χ4v) is 3.29. The number of carbonyl (C=O) groups is 1. The third-order valence-corrected chi connectivity index (χ3v) is 4.85. The summed E-state index contributed by atoms with van der Waals surface area (Å²) in [5.41, 5.74) is 8.89. The van der Waals surface area contributed by atoms with Gasteiger partial charge in [-0.3, -0.25) is 9.79 Å².